The van der Waals surface area contributed by atoms with Gasteiger partial charge in [0.25, 0.3) is 5.56 Å². The van der Waals surface area contributed by atoms with Crippen molar-refractivity contribution in [1.82, 2.24) is 24.9 Å². The van der Waals surface area contributed by atoms with Gasteiger partial charge in [-0.25, -0.2) is 4.68 Å². The minimum atomic E-state index is -0.303. The summed E-state index contributed by atoms with van der Waals surface area (Å²) in [5.41, 5.74) is 4.14. The van der Waals surface area contributed by atoms with Crippen molar-refractivity contribution in [2.24, 2.45) is 7.05 Å². The lowest BCUT2D eigenvalue weighted by molar-refractivity contribution is -0.134. The molecule has 2 N–H and O–H groups in total. The Morgan fingerprint density at radius 1 is 1.00 bits per heavy atom. The Kier molecular flexibility index (Phi) is 9.67. The van der Waals surface area contributed by atoms with Crippen LogP contribution in [0.1, 0.15) is 60.6 Å². The van der Waals surface area contributed by atoms with Gasteiger partial charge in [-0.15, -0.1) is 0 Å². The van der Waals surface area contributed by atoms with E-state index in [1.807, 2.05) is 24.3 Å². The predicted octanol–water partition coefficient (Wildman–Crippen LogP) is 4.01. The number of halogens is 1. The fourth-order valence-corrected chi connectivity index (χ4v) is 7.32. The van der Waals surface area contributed by atoms with E-state index in [9.17, 15) is 14.4 Å². The summed E-state index contributed by atoms with van der Waals surface area (Å²) >= 11 is 3.44. The summed E-state index contributed by atoms with van der Waals surface area (Å²) in [6.45, 7) is 4.75. The maximum Gasteiger partial charge on any atom is 0.282 e. The first-order valence-corrected chi connectivity index (χ1v) is 16.6. The number of hydrogen-bond donors (Lipinski definition) is 2. The molecule has 4 heterocycles. The lowest BCUT2D eigenvalue weighted by atomic mass is 9.87. The van der Waals surface area contributed by atoms with Crippen molar-refractivity contribution >= 4 is 33.4 Å². The Balaban J connectivity index is 0.991. The van der Waals surface area contributed by atoms with Crippen molar-refractivity contribution in [1.29, 1.82) is 0 Å². The first-order chi connectivity index (χ1) is 21.7. The number of ether oxygens (including phenoxy) is 1. The molecule has 3 saturated heterocycles. The highest BCUT2D eigenvalue weighted by atomic mass is 79.9. The molecule has 10 nitrogen and oxygen atoms in total. The molecule has 3 aliphatic rings. The number of rotatable bonds is 8. The van der Waals surface area contributed by atoms with Crippen molar-refractivity contribution in [2.75, 3.05) is 38.5 Å². The number of aryl methyl sites for hydroxylation is 1. The predicted molar refractivity (Wildman–Crippen MR) is 176 cm³/mol. The van der Waals surface area contributed by atoms with Gasteiger partial charge in [0.05, 0.1) is 17.8 Å². The van der Waals surface area contributed by atoms with Crippen LogP contribution in [0.3, 0.4) is 0 Å². The van der Waals surface area contributed by atoms with E-state index in [2.05, 4.69) is 72.8 Å². The molecule has 2 amide bonds. The number of nitrogens with zero attached hydrogens (tertiary/aromatic N) is 4. The number of piperidine rings is 3. The van der Waals surface area contributed by atoms with Gasteiger partial charge in [-0.2, -0.15) is 5.10 Å². The minimum Gasteiger partial charge on any atom is -0.490 e. The van der Waals surface area contributed by atoms with Crippen LogP contribution in [0.4, 0.5) is 5.69 Å². The number of amides is 2. The zero-order valence-corrected chi connectivity index (χ0v) is 27.5. The largest absolute Gasteiger partial charge is 0.490 e. The number of anilines is 1. The second-order valence-corrected chi connectivity index (χ2v) is 13.5. The van der Waals surface area contributed by atoms with E-state index in [0.29, 0.717) is 23.2 Å². The molecule has 3 aromatic rings. The molecular formula is C34H41BrN6O4. The standard InChI is InChI=1S/C34H41BrN6O4/c1-39-20-25(16-26(21-39)37-30-18-36-40(2)34(44)32(30)35)23-8-6-22(7-9-23)19-41-14-12-27(13-15-41)45-28-5-3-4-24(17-28)29-10-11-31(42)38-33(29)43/h3-9,17-18,25-27,29,37H,10-16,19-21H2,1-2H3,(H,38,42,43)/t25-,26+,29?/m1/s1. The molecule has 6 rings (SSSR count). The normalized spacial score (nSPS) is 23.5. The van der Waals surface area contributed by atoms with Gasteiger partial charge in [-0.3, -0.25) is 24.6 Å². The maximum absolute atomic E-state index is 12.3. The Bertz CT molecular complexity index is 1590. The number of likely N-dealkylation sites (tertiary alicyclic amines) is 2. The Morgan fingerprint density at radius 3 is 2.53 bits per heavy atom. The fourth-order valence-electron chi connectivity index (χ4n) is 6.84. The van der Waals surface area contributed by atoms with E-state index < -0.39 is 0 Å². The lowest BCUT2D eigenvalue weighted by Gasteiger charge is -2.37. The van der Waals surface area contributed by atoms with Crippen molar-refractivity contribution in [3.63, 3.8) is 0 Å². The average molecular weight is 678 g/mol. The van der Waals surface area contributed by atoms with E-state index in [1.165, 1.54) is 15.8 Å². The molecule has 0 saturated carbocycles. The third-order valence-corrected chi connectivity index (χ3v) is 10.0. The highest BCUT2D eigenvalue weighted by molar-refractivity contribution is 9.10. The minimum absolute atomic E-state index is 0.140. The molecule has 0 radical (unpaired) electrons. The van der Waals surface area contributed by atoms with Gasteiger partial charge < -0.3 is 15.0 Å². The molecule has 238 valence electrons. The van der Waals surface area contributed by atoms with Crippen LogP contribution < -0.4 is 20.9 Å². The van der Waals surface area contributed by atoms with Crippen LogP contribution in [-0.4, -0.2) is 76.8 Å². The fraction of sp³-hybridized carbons (Fsp3) is 0.471. The lowest BCUT2D eigenvalue weighted by Crippen LogP contribution is -2.43. The summed E-state index contributed by atoms with van der Waals surface area (Å²) in [5.74, 6) is 0.462. The number of imide groups is 1. The van der Waals surface area contributed by atoms with Gasteiger partial charge in [-0.05, 0) is 83.4 Å². The van der Waals surface area contributed by atoms with Crippen LogP contribution in [0, 0.1) is 0 Å². The maximum atomic E-state index is 12.3. The Morgan fingerprint density at radius 2 is 1.78 bits per heavy atom. The highest BCUT2D eigenvalue weighted by Crippen LogP contribution is 2.31. The molecule has 0 aliphatic carbocycles. The monoisotopic (exact) mass is 676 g/mol. The molecule has 2 aromatic carbocycles. The zero-order chi connectivity index (χ0) is 31.5. The third-order valence-electron chi connectivity index (χ3n) is 9.27. The zero-order valence-electron chi connectivity index (χ0n) is 25.9. The number of likely N-dealkylation sites (N-methyl/N-ethyl adjacent to an activating group) is 1. The molecule has 3 aliphatic heterocycles. The summed E-state index contributed by atoms with van der Waals surface area (Å²) < 4.78 is 8.19. The second-order valence-electron chi connectivity index (χ2n) is 12.7. The topological polar surface area (TPSA) is 109 Å². The number of nitrogens with one attached hydrogen (secondary N) is 2. The SMILES string of the molecule is CN1C[C@@H](Nc2cnn(C)c(=O)c2Br)C[C@@H](c2ccc(CN3CCC(Oc4cccc(C5CCC(=O)NC5=O)c4)CC3)cc2)C1. The first kappa shape index (κ1) is 31.4. The molecule has 1 unspecified atom stereocenters. The van der Waals surface area contributed by atoms with E-state index in [4.69, 9.17) is 4.74 Å². The number of hydrogen-bond acceptors (Lipinski definition) is 8. The summed E-state index contributed by atoms with van der Waals surface area (Å²) in [7, 11) is 3.80. The van der Waals surface area contributed by atoms with Crippen LogP contribution in [-0.2, 0) is 23.2 Å². The van der Waals surface area contributed by atoms with Gasteiger partial charge >= 0.3 is 0 Å². The molecule has 11 heteroatoms. The first-order valence-electron chi connectivity index (χ1n) is 15.8. The van der Waals surface area contributed by atoms with Gasteiger partial charge in [0, 0.05) is 52.2 Å². The van der Waals surface area contributed by atoms with Crippen molar-refractivity contribution < 1.29 is 14.3 Å². The van der Waals surface area contributed by atoms with Gasteiger partial charge in [0.15, 0.2) is 0 Å². The number of carbonyl (C=O) groups is 2. The van der Waals surface area contributed by atoms with E-state index >= 15 is 0 Å². The third kappa shape index (κ3) is 7.65. The van der Waals surface area contributed by atoms with E-state index in [0.717, 1.165) is 69.0 Å². The summed E-state index contributed by atoms with van der Waals surface area (Å²) in [6.07, 6.45) is 5.63. The highest BCUT2D eigenvalue weighted by Gasteiger charge is 2.29. The summed E-state index contributed by atoms with van der Waals surface area (Å²) in [6, 6.07) is 17.1. The molecule has 1 aromatic heterocycles. The molecule has 3 atom stereocenters. The van der Waals surface area contributed by atoms with Crippen LogP contribution in [0.25, 0.3) is 0 Å². The second kappa shape index (κ2) is 13.8. The Hall–Kier alpha value is -3.54. The van der Waals surface area contributed by atoms with E-state index in [-0.39, 0.29) is 35.4 Å². The smallest absolute Gasteiger partial charge is 0.282 e. The molecule has 45 heavy (non-hydrogen) atoms. The molecule has 3 fully saturated rings. The van der Waals surface area contributed by atoms with Crippen molar-refractivity contribution in [3.8, 4) is 5.75 Å². The number of carbonyl (C=O) groups excluding carboxylic acids is 2. The molecule has 0 spiro atoms. The summed E-state index contributed by atoms with van der Waals surface area (Å²) in [5, 5.41) is 10.2. The van der Waals surface area contributed by atoms with E-state index in [1.54, 1.807) is 13.2 Å². The Labute approximate surface area is 272 Å². The van der Waals surface area contributed by atoms with Gasteiger partial charge in [-0.1, -0.05) is 36.4 Å². The van der Waals surface area contributed by atoms with Crippen molar-refractivity contribution in [2.45, 2.75) is 62.6 Å². The van der Waals surface area contributed by atoms with Crippen LogP contribution in [0.15, 0.2) is 64.0 Å². The van der Waals surface area contributed by atoms with Crippen molar-refractivity contribution in [3.05, 3.63) is 86.2 Å². The van der Waals surface area contributed by atoms with Gasteiger partial charge in [0.2, 0.25) is 11.8 Å². The summed E-state index contributed by atoms with van der Waals surface area (Å²) in [4.78, 5) is 41.0. The number of benzene rings is 2. The van der Waals surface area contributed by atoms with Gasteiger partial charge in [0.1, 0.15) is 16.3 Å². The van der Waals surface area contributed by atoms with Crippen LogP contribution in [0.5, 0.6) is 5.75 Å². The quantitative estimate of drug-likeness (QED) is 0.345. The van der Waals surface area contributed by atoms with Crippen LogP contribution in [0.2, 0.25) is 0 Å². The number of aromatic nitrogens is 2. The molecular weight excluding hydrogens is 636 g/mol. The molecule has 0 bridgehead atoms. The average Bonchev–Trinajstić information content (AvgIpc) is 3.02. The van der Waals surface area contributed by atoms with Crippen LogP contribution >= 0.6 is 15.9 Å².